The second-order valence-corrected chi connectivity index (χ2v) is 6.59. The minimum Gasteiger partial charge on any atom is -0.496 e. The van der Waals surface area contributed by atoms with Crippen molar-refractivity contribution in [2.75, 3.05) is 7.11 Å². The molecule has 1 aromatic rings. The monoisotopic (exact) mass is 250 g/mol. The summed E-state index contributed by atoms with van der Waals surface area (Å²) in [6, 6.07) is 6.34. The van der Waals surface area contributed by atoms with E-state index >= 15 is 0 Å². The molecule has 0 fully saturated rings. The smallest absolute Gasteiger partial charge is 0.122 e. The van der Waals surface area contributed by atoms with Crippen LogP contribution in [0.2, 0.25) is 0 Å². The number of hydrogen-bond acceptors (Lipinski definition) is 2. The lowest BCUT2D eigenvalue weighted by Crippen LogP contribution is -2.19. The van der Waals surface area contributed by atoms with Gasteiger partial charge in [0.15, 0.2) is 0 Å². The number of methoxy groups -OCH3 is 1. The minimum absolute atomic E-state index is 0.135. The van der Waals surface area contributed by atoms with Gasteiger partial charge < -0.3 is 9.84 Å². The summed E-state index contributed by atoms with van der Waals surface area (Å²) in [6.07, 6.45) is 1.56. The molecule has 102 valence electrons. The van der Waals surface area contributed by atoms with Gasteiger partial charge in [-0.05, 0) is 49.3 Å². The molecule has 1 rings (SSSR count). The zero-order chi connectivity index (χ0) is 14.0. The summed E-state index contributed by atoms with van der Waals surface area (Å²) in [7, 11) is 1.69. The van der Waals surface area contributed by atoms with E-state index in [9.17, 15) is 5.11 Å². The van der Waals surface area contributed by atoms with E-state index in [0.29, 0.717) is 0 Å². The van der Waals surface area contributed by atoms with Crippen molar-refractivity contribution in [3.8, 4) is 5.75 Å². The fraction of sp³-hybridized carbons (Fsp3) is 0.625. The van der Waals surface area contributed by atoms with E-state index < -0.39 is 5.60 Å². The molecule has 0 aromatic heterocycles. The van der Waals surface area contributed by atoms with Crippen molar-refractivity contribution in [2.45, 2.75) is 58.5 Å². The Balaban J connectivity index is 3.00. The topological polar surface area (TPSA) is 29.5 Å². The number of ether oxygens (including phenoxy) is 1. The van der Waals surface area contributed by atoms with E-state index in [2.05, 4.69) is 32.9 Å². The fourth-order valence-corrected chi connectivity index (χ4v) is 1.88. The lowest BCUT2D eigenvalue weighted by Gasteiger charge is -2.22. The molecule has 0 saturated carbocycles. The number of aryl methyl sites for hydroxylation is 1. The molecule has 18 heavy (non-hydrogen) atoms. The first-order valence-corrected chi connectivity index (χ1v) is 6.53. The van der Waals surface area contributed by atoms with E-state index in [-0.39, 0.29) is 5.41 Å². The molecule has 0 atom stereocenters. The maximum Gasteiger partial charge on any atom is 0.122 e. The fourth-order valence-electron chi connectivity index (χ4n) is 1.88. The zero-order valence-corrected chi connectivity index (χ0v) is 12.5. The van der Waals surface area contributed by atoms with Crippen molar-refractivity contribution in [1.29, 1.82) is 0 Å². The average molecular weight is 250 g/mol. The Morgan fingerprint density at radius 2 is 1.72 bits per heavy atom. The highest BCUT2D eigenvalue weighted by atomic mass is 16.5. The van der Waals surface area contributed by atoms with Crippen LogP contribution >= 0.6 is 0 Å². The molecule has 0 bridgehead atoms. The van der Waals surface area contributed by atoms with Crippen LogP contribution in [0, 0.1) is 0 Å². The lowest BCUT2D eigenvalue weighted by atomic mass is 9.85. The Labute approximate surface area is 111 Å². The molecule has 0 aliphatic heterocycles. The van der Waals surface area contributed by atoms with Crippen LogP contribution in [-0.2, 0) is 11.8 Å². The molecule has 0 amide bonds. The molecule has 1 N–H and O–H groups in total. The van der Waals surface area contributed by atoms with Gasteiger partial charge in [0.2, 0.25) is 0 Å². The molecule has 1 aromatic carbocycles. The highest BCUT2D eigenvalue weighted by molar-refractivity contribution is 5.39. The van der Waals surface area contributed by atoms with Crippen LogP contribution in [0.4, 0.5) is 0 Å². The molecule has 2 heteroatoms. The Morgan fingerprint density at radius 1 is 1.11 bits per heavy atom. The van der Waals surface area contributed by atoms with E-state index in [1.807, 2.05) is 19.9 Å². The summed E-state index contributed by atoms with van der Waals surface area (Å²) in [4.78, 5) is 0. The standard InChI is InChI=1S/C16H26O2/c1-15(2,3)13-7-8-14(18-6)12(11-13)9-10-16(4,5)17/h7-8,11,17H,9-10H2,1-6H3. The van der Waals surface area contributed by atoms with E-state index in [1.54, 1.807) is 7.11 Å². The summed E-state index contributed by atoms with van der Waals surface area (Å²) in [6.45, 7) is 10.3. The second kappa shape index (κ2) is 5.31. The molecule has 0 aliphatic rings. The first-order chi connectivity index (χ1) is 8.13. The SMILES string of the molecule is COc1ccc(C(C)(C)C)cc1CCC(C)(C)O. The first-order valence-electron chi connectivity index (χ1n) is 6.53. The minimum atomic E-state index is -0.636. The average Bonchev–Trinajstić information content (AvgIpc) is 2.23. The quantitative estimate of drug-likeness (QED) is 0.883. The number of benzene rings is 1. The van der Waals surface area contributed by atoms with E-state index in [0.717, 1.165) is 18.6 Å². The lowest BCUT2D eigenvalue weighted by molar-refractivity contribution is 0.0712. The van der Waals surface area contributed by atoms with Gasteiger partial charge in [0.05, 0.1) is 12.7 Å². The molecule has 0 spiro atoms. The van der Waals surface area contributed by atoms with Gasteiger partial charge >= 0.3 is 0 Å². The number of hydrogen-bond donors (Lipinski definition) is 1. The van der Waals surface area contributed by atoms with E-state index in [1.165, 1.54) is 11.1 Å². The van der Waals surface area contributed by atoms with Crippen LogP contribution in [0.25, 0.3) is 0 Å². The van der Waals surface area contributed by atoms with Gasteiger partial charge in [-0.1, -0.05) is 32.9 Å². The molecule has 0 heterocycles. The summed E-state index contributed by atoms with van der Waals surface area (Å²) in [5.41, 5.74) is 1.97. The third-order valence-corrected chi connectivity index (χ3v) is 3.15. The Bertz CT molecular complexity index is 395. The van der Waals surface area contributed by atoms with Crippen LogP contribution in [0.3, 0.4) is 0 Å². The molecule has 0 unspecified atom stereocenters. The normalized spacial score (nSPS) is 12.6. The van der Waals surface area contributed by atoms with Gasteiger partial charge in [-0.2, -0.15) is 0 Å². The summed E-state index contributed by atoms with van der Waals surface area (Å²) < 4.78 is 5.40. The van der Waals surface area contributed by atoms with Gasteiger partial charge in [-0.15, -0.1) is 0 Å². The highest BCUT2D eigenvalue weighted by Gasteiger charge is 2.18. The first kappa shape index (κ1) is 15.0. The molecule has 0 radical (unpaired) electrons. The van der Waals surface area contributed by atoms with Gasteiger partial charge in [-0.3, -0.25) is 0 Å². The maximum atomic E-state index is 9.83. The van der Waals surface area contributed by atoms with Crippen molar-refractivity contribution < 1.29 is 9.84 Å². The van der Waals surface area contributed by atoms with Crippen LogP contribution in [-0.4, -0.2) is 17.8 Å². The third kappa shape index (κ3) is 4.34. The molecular formula is C16H26O2. The summed E-state index contributed by atoms with van der Waals surface area (Å²) in [5, 5.41) is 9.83. The molecule has 0 saturated heterocycles. The number of rotatable bonds is 4. The highest BCUT2D eigenvalue weighted by Crippen LogP contribution is 2.29. The van der Waals surface area contributed by atoms with Crippen molar-refractivity contribution in [2.24, 2.45) is 0 Å². The maximum absolute atomic E-state index is 9.83. The predicted molar refractivity (Wildman–Crippen MR) is 76.3 cm³/mol. The largest absolute Gasteiger partial charge is 0.496 e. The van der Waals surface area contributed by atoms with Crippen LogP contribution in [0.5, 0.6) is 5.75 Å². The molecule has 0 aliphatic carbocycles. The number of aliphatic hydroxyl groups is 1. The van der Waals surface area contributed by atoms with Gasteiger partial charge in [0.1, 0.15) is 5.75 Å². The summed E-state index contributed by atoms with van der Waals surface area (Å²) in [5.74, 6) is 0.909. The van der Waals surface area contributed by atoms with Gasteiger partial charge in [0, 0.05) is 0 Å². The second-order valence-electron chi connectivity index (χ2n) is 6.59. The zero-order valence-electron chi connectivity index (χ0n) is 12.5. The Kier molecular flexibility index (Phi) is 4.44. The molecule has 2 nitrogen and oxygen atoms in total. The van der Waals surface area contributed by atoms with Gasteiger partial charge in [-0.25, -0.2) is 0 Å². The van der Waals surface area contributed by atoms with Crippen LogP contribution in [0.15, 0.2) is 18.2 Å². The Morgan fingerprint density at radius 3 is 2.17 bits per heavy atom. The predicted octanol–water partition coefficient (Wildman–Crippen LogP) is 3.70. The van der Waals surface area contributed by atoms with Crippen molar-refractivity contribution >= 4 is 0 Å². The Hall–Kier alpha value is -1.02. The van der Waals surface area contributed by atoms with Crippen molar-refractivity contribution in [1.82, 2.24) is 0 Å². The van der Waals surface area contributed by atoms with Crippen LogP contribution in [0.1, 0.15) is 52.2 Å². The van der Waals surface area contributed by atoms with Gasteiger partial charge in [0.25, 0.3) is 0 Å². The van der Waals surface area contributed by atoms with Crippen molar-refractivity contribution in [3.05, 3.63) is 29.3 Å². The van der Waals surface area contributed by atoms with Crippen LogP contribution < -0.4 is 4.74 Å². The van der Waals surface area contributed by atoms with Crippen molar-refractivity contribution in [3.63, 3.8) is 0 Å². The third-order valence-electron chi connectivity index (χ3n) is 3.15. The molecular weight excluding hydrogens is 224 g/mol. The summed E-state index contributed by atoms with van der Waals surface area (Å²) >= 11 is 0. The van der Waals surface area contributed by atoms with E-state index in [4.69, 9.17) is 4.74 Å².